The summed E-state index contributed by atoms with van der Waals surface area (Å²) in [7, 11) is 0. The Morgan fingerprint density at radius 1 is 1.09 bits per heavy atom. The van der Waals surface area contributed by atoms with Crippen molar-refractivity contribution >= 4 is 22.6 Å². The lowest BCUT2D eigenvalue weighted by Gasteiger charge is -2.33. The van der Waals surface area contributed by atoms with E-state index in [1.54, 1.807) is 0 Å². The molecule has 1 aliphatic rings. The van der Waals surface area contributed by atoms with Gasteiger partial charge in [0, 0.05) is 37.2 Å². The first-order valence-corrected chi connectivity index (χ1v) is 5.90. The van der Waals surface area contributed by atoms with E-state index in [1.807, 2.05) is 0 Å². The molecule has 0 aromatic rings. The number of nitrogens with zero attached hydrogens (tertiary/aromatic N) is 2. The third kappa shape index (κ3) is 3.25. The average molecular weight is 268 g/mol. The van der Waals surface area contributed by atoms with E-state index in [0.29, 0.717) is 0 Å². The van der Waals surface area contributed by atoms with E-state index in [4.69, 9.17) is 0 Å². The lowest BCUT2D eigenvalue weighted by molar-refractivity contribution is 0.144. The van der Waals surface area contributed by atoms with Gasteiger partial charge in [-0.15, -0.1) is 0 Å². The topological polar surface area (TPSA) is 6.48 Å². The van der Waals surface area contributed by atoms with Crippen molar-refractivity contribution in [1.82, 2.24) is 9.80 Å². The van der Waals surface area contributed by atoms with E-state index in [2.05, 4.69) is 39.3 Å². The normalized spacial score (nSPS) is 22.4. The van der Waals surface area contributed by atoms with Crippen molar-refractivity contribution in [3.05, 3.63) is 0 Å². The van der Waals surface area contributed by atoms with Crippen molar-refractivity contribution in [1.29, 1.82) is 0 Å². The van der Waals surface area contributed by atoms with Crippen LogP contribution in [0.4, 0.5) is 0 Å². The van der Waals surface area contributed by atoms with Crippen molar-refractivity contribution in [2.75, 3.05) is 43.7 Å². The molecule has 1 fully saturated rings. The highest BCUT2D eigenvalue weighted by Gasteiger charge is 2.13. The summed E-state index contributed by atoms with van der Waals surface area (Å²) in [4.78, 5) is 5.07. The maximum atomic E-state index is 2.55. The highest BCUT2D eigenvalue weighted by atomic mass is 127. The number of hydrogen-bond donors (Lipinski definition) is 0. The van der Waals surface area contributed by atoms with Crippen LogP contribution in [0.3, 0.4) is 0 Å². The van der Waals surface area contributed by atoms with E-state index in [-0.39, 0.29) is 0 Å². The Hall–Kier alpha value is 0.650. The van der Waals surface area contributed by atoms with Gasteiger partial charge < -0.3 is 9.80 Å². The van der Waals surface area contributed by atoms with Crippen LogP contribution in [-0.2, 0) is 0 Å². The maximum absolute atomic E-state index is 2.55. The van der Waals surface area contributed by atoms with Gasteiger partial charge in [0.05, 0.1) is 0 Å². The van der Waals surface area contributed by atoms with Gasteiger partial charge in [0.25, 0.3) is 0 Å². The van der Waals surface area contributed by atoms with Gasteiger partial charge in [-0.2, -0.15) is 0 Å². The number of halogens is 1. The van der Waals surface area contributed by atoms with Crippen LogP contribution in [0.2, 0.25) is 0 Å². The number of alkyl halides is 1. The molecule has 0 amide bonds. The van der Waals surface area contributed by atoms with Crippen molar-refractivity contribution in [2.24, 2.45) is 0 Å². The molecule has 0 bridgehead atoms. The molecule has 0 N–H and O–H groups in total. The van der Waals surface area contributed by atoms with Gasteiger partial charge in [-0.3, -0.25) is 0 Å². The minimum atomic E-state index is 1.22. The van der Waals surface area contributed by atoms with Crippen LogP contribution in [-0.4, -0.2) is 53.5 Å². The van der Waals surface area contributed by atoms with Crippen LogP contribution in [0.15, 0.2) is 0 Å². The Balaban J connectivity index is 2.14. The monoisotopic (exact) mass is 268 g/mol. The molecule has 1 saturated heterocycles. The van der Waals surface area contributed by atoms with Crippen molar-refractivity contribution in [3.8, 4) is 0 Å². The molecule has 1 rings (SSSR count). The third-order valence-electron chi connectivity index (χ3n) is 2.31. The molecular weight excluding hydrogens is 251 g/mol. The molecule has 0 atom stereocenters. The third-order valence-corrected chi connectivity index (χ3v) is 2.80. The summed E-state index contributed by atoms with van der Waals surface area (Å²) in [5.74, 6) is 0. The zero-order valence-corrected chi connectivity index (χ0v) is 9.38. The second kappa shape index (κ2) is 5.32. The number of rotatable bonds is 3. The summed E-state index contributed by atoms with van der Waals surface area (Å²) in [5.41, 5.74) is 0. The zero-order valence-electron chi connectivity index (χ0n) is 7.22. The fourth-order valence-corrected chi connectivity index (χ4v) is 2.13. The van der Waals surface area contributed by atoms with Crippen molar-refractivity contribution < 1.29 is 0 Å². The molecule has 1 aliphatic heterocycles. The molecule has 3 heteroatoms. The van der Waals surface area contributed by atoms with Gasteiger partial charge in [-0.1, -0.05) is 29.5 Å². The van der Waals surface area contributed by atoms with E-state index in [9.17, 15) is 0 Å². The lowest BCUT2D eigenvalue weighted by atomic mass is 10.3. The molecule has 0 unspecified atom stereocenters. The number of hydrogen-bond acceptors (Lipinski definition) is 2. The van der Waals surface area contributed by atoms with Gasteiger partial charge in [0.2, 0.25) is 0 Å². The van der Waals surface area contributed by atoms with Crippen LogP contribution in [0, 0.1) is 0 Å². The van der Waals surface area contributed by atoms with Crippen molar-refractivity contribution in [2.45, 2.75) is 6.92 Å². The van der Waals surface area contributed by atoms with Gasteiger partial charge in [0.1, 0.15) is 0 Å². The molecule has 0 aliphatic carbocycles. The van der Waals surface area contributed by atoms with Gasteiger partial charge in [-0.25, -0.2) is 0 Å². The SMILES string of the molecule is CCN1CCN(CCI)CC1. The predicted octanol–water partition coefficient (Wildman–Crippen LogP) is 1.06. The van der Waals surface area contributed by atoms with Crippen LogP contribution in [0.5, 0.6) is 0 Å². The Bertz CT molecular complexity index is 100. The molecule has 0 aromatic heterocycles. The molecular formula is C8H17IN2. The molecule has 0 saturated carbocycles. The number of likely N-dealkylation sites (N-methyl/N-ethyl adjacent to an activating group) is 1. The molecule has 0 radical (unpaired) electrons. The maximum Gasteiger partial charge on any atom is 0.0123 e. The Morgan fingerprint density at radius 2 is 1.64 bits per heavy atom. The summed E-state index contributed by atoms with van der Waals surface area (Å²) in [5, 5.41) is 0. The molecule has 11 heavy (non-hydrogen) atoms. The average Bonchev–Trinajstić information content (AvgIpc) is 2.07. The van der Waals surface area contributed by atoms with Crippen LogP contribution in [0.25, 0.3) is 0 Å². The second-order valence-electron chi connectivity index (χ2n) is 2.96. The first kappa shape index (κ1) is 9.74. The van der Waals surface area contributed by atoms with Gasteiger partial charge in [0.15, 0.2) is 0 Å². The lowest BCUT2D eigenvalue weighted by Crippen LogP contribution is -2.46. The van der Waals surface area contributed by atoms with Crippen LogP contribution < -0.4 is 0 Å². The molecule has 0 spiro atoms. The highest BCUT2D eigenvalue weighted by Crippen LogP contribution is 2.00. The number of piperazine rings is 1. The standard InChI is InChI=1S/C8H17IN2/c1-2-10-5-7-11(4-3-9)8-6-10/h2-8H2,1H3. The van der Waals surface area contributed by atoms with E-state index < -0.39 is 0 Å². The predicted molar refractivity (Wildman–Crippen MR) is 57.4 cm³/mol. The Morgan fingerprint density at radius 3 is 2.09 bits per heavy atom. The zero-order chi connectivity index (χ0) is 8.10. The van der Waals surface area contributed by atoms with Crippen LogP contribution >= 0.6 is 22.6 Å². The van der Waals surface area contributed by atoms with Crippen LogP contribution in [0.1, 0.15) is 6.92 Å². The summed E-state index contributed by atoms with van der Waals surface area (Å²) in [6.07, 6.45) is 0. The summed E-state index contributed by atoms with van der Waals surface area (Å²) >= 11 is 2.45. The van der Waals surface area contributed by atoms with E-state index in [0.717, 1.165) is 0 Å². The Labute approximate surface area is 83.1 Å². The first-order chi connectivity index (χ1) is 5.36. The summed E-state index contributed by atoms with van der Waals surface area (Å²) < 4.78 is 1.27. The smallest absolute Gasteiger partial charge is 0.0123 e. The molecule has 0 aromatic carbocycles. The van der Waals surface area contributed by atoms with E-state index >= 15 is 0 Å². The summed E-state index contributed by atoms with van der Waals surface area (Å²) in [6.45, 7) is 9.83. The fraction of sp³-hybridized carbons (Fsp3) is 1.00. The minimum Gasteiger partial charge on any atom is -0.301 e. The van der Waals surface area contributed by atoms with Crippen molar-refractivity contribution in [3.63, 3.8) is 0 Å². The molecule has 66 valence electrons. The minimum absolute atomic E-state index is 1.22. The first-order valence-electron chi connectivity index (χ1n) is 4.37. The largest absolute Gasteiger partial charge is 0.301 e. The fourth-order valence-electron chi connectivity index (χ4n) is 1.45. The van der Waals surface area contributed by atoms with Gasteiger partial charge >= 0.3 is 0 Å². The molecule has 2 nitrogen and oxygen atoms in total. The quantitative estimate of drug-likeness (QED) is 0.558. The highest BCUT2D eigenvalue weighted by molar-refractivity contribution is 14.1. The Kier molecular flexibility index (Phi) is 4.71. The van der Waals surface area contributed by atoms with Gasteiger partial charge in [-0.05, 0) is 6.54 Å². The van der Waals surface area contributed by atoms with E-state index in [1.165, 1.54) is 43.7 Å². The molecule has 1 heterocycles. The second-order valence-corrected chi connectivity index (χ2v) is 4.04. The summed E-state index contributed by atoms with van der Waals surface area (Å²) in [6, 6.07) is 0.